The fraction of sp³-hybridized carbons (Fsp3) is 0.286. The van der Waals surface area contributed by atoms with Crippen molar-refractivity contribution in [3.63, 3.8) is 0 Å². The molecule has 170 valence electrons. The Bertz CT molecular complexity index is 1210. The second-order valence-corrected chi connectivity index (χ2v) is 7.45. The summed E-state index contributed by atoms with van der Waals surface area (Å²) in [5, 5.41) is 0. The van der Waals surface area contributed by atoms with Gasteiger partial charge in [0.15, 0.2) is 16.3 Å². The average Bonchev–Trinajstić information content (AvgIpc) is 3.08. The number of rotatable bonds is 6. The van der Waals surface area contributed by atoms with Crippen LogP contribution in [0.25, 0.3) is 10.2 Å². The van der Waals surface area contributed by atoms with Crippen LogP contribution < -0.4 is 14.3 Å². The van der Waals surface area contributed by atoms with Gasteiger partial charge in [-0.15, -0.1) is 0 Å². The Hall–Kier alpha value is -3.34. The van der Waals surface area contributed by atoms with E-state index < -0.39 is 23.6 Å². The van der Waals surface area contributed by atoms with Gasteiger partial charge in [-0.05, 0) is 31.2 Å². The van der Waals surface area contributed by atoms with Crippen molar-refractivity contribution in [3.8, 4) is 11.5 Å². The molecule has 0 aliphatic carbocycles. The van der Waals surface area contributed by atoms with E-state index in [0.29, 0.717) is 21.7 Å². The lowest BCUT2D eigenvalue weighted by atomic mass is 10.1. The molecule has 1 amide bonds. The van der Waals surface area contributed by atoms with E-state index in [1.54, 1.807) is 19.1 Å². The van der Waals surface area contributed by atoms with Crippen molar-refractivity contribution >= 4 is 33.4 Å². The predicted molar refractivity (Wildman–Crippen MR) is 111 cm³/mol. The Morgan fingerprint density at radius 2 is 1.69 bits per heavy atom. The third kappa shape index (κ3) is 4.93. The van der Waals surface area contributed by atoms with E-state index in [1.165, 1.54) is 18.8 Å². The van der Waals surface area contributed by atoms with Gasteiger partial charge in [0.25, 0.3) is 5.91 Å². The fourth-order valence-electron chi connectivity index (χ4n) is 2.92. The lowest BCUT2D eigenvalue weighted by Gasteiger charge is -2.09. The minimum Gasteiger partial charge on any atom is -0.493 e. The zero-order valence-electron chi connectivity index (χ0n) is 17.4. The van der Waals surface area contributed by atoms with Crippen LogP contribution in [0.15, 0.2) is 41.4 Å². The lowest BCUT2D eigenvalue weighted by Crippen LogP contribution is -2.23. The van der Waals surface area contributed by atoms with E-state index in [-0.39, 0.29) is 23.5 Å². The summed E-state index contributed by atoms with van der Waals surface area (Å²) in [7, 11) is 2.94. The largest absolute Gasteiger partial charge is 0.493 e. The highest BCUT2D eigenvalue weighted by Crippen LogP contribution is 2.33. The van der Waals surface area contributed by atoms with Crippen LogP contribution in [0.1, 0.15) is 22.8 Å². The van der Waals surface area contributed by atoms with Crippen molar-refractivity contribution < 1.29 is 37.0 Å². The van der Waals surface area contributed by atoms with Crippen molar-refractivity contribution in [3.05, 3.63) is 52.3 Å². The molecule has 0 aliphatic rings. The molecule has 0 radical (unpaired) electrons. The van der Waals surface area contributed by atoms with Crippen molar-refractivity contribution in [1.82, 2.24) is 4.57 Å². The Morgan fingerprint density at radius 3 is 2.25 bits per heavy atom. The molecular formula is C21H19F3N2O5S. The standard InChI is InChI=1S/C21H19F3N2O5S/c1-4-31-18(27)11-26-14-9-15(29-2)16(30-3)10-17(14)32-20(26)25-19(28)12-5-7-13(8-6-12)21(22,23)24/h5-10H,4,11H2,1-3H3. The number of aromatic nitrogens is 1. The molecule has 0 unspecified atom stereocenters. The highest BCUT2D eigenvalue weighted by Gasteiger charge is 2.30. The molecule has 0 N–H and O–H groups in total. The van der Waals surface area contributed by atoms with E-state index in [4.69, 9.17) is 14.2 Å². The SMILES string of the molecule is CCOC(=O)Cn1c(=NC(=O)c2ccc(C(F)(F)F)cc2)sc2cc(OC)c(OC)cc21. The van der Waals surface area contributed by atoms with Crippen LogP contribution in [-0.2, 0) is 22.3 Å². The number of alkyl halides is 3. The quantitative estimate of drug-likeness (QED) is 0.510. The number of carbonyl (C=O) groups is 2. The number of methoxy groups -OCH3 is 2. The molecule has 0 aliphatic heterocycles. The van der Waals surface area contributed by atoms with Gasteiger partial charge < -0.3 is 18.8 Å². The first-order valence-electron chi connectivity index (χ1n) is 9.35. The van der Waals surface area contributed by atoms with Crippen LogP contribution in [0.4, 0.5) is 13.2 Å². The first kappa shape index (κ1) is 23.3. The van der Waals surface area contributed by atoms with Crippen LogP contribution in [0, 0.1) is 0 Å². The molecule has 2 aromatic carbocycles. The molecule has 0 atom stereocenters. The number of hydrogen-bond donors (Lipinski definition) is 0. The van der Waals surface area contributed by atoms with Gasteiger partial charge in [-0.25, -0.2) is 0 Å². The maximum atomic E-state index is 12.8. The Balaban J connectivity index is 2.11. The summed E-state index contributed by atoms with van der Waals surface area (Å²) in [6.45, 7) is 1.62. The zero-order chi connectivity index (χ0) is 23.5. The molecule has 0 spiro atoms. The third-order valence-electron chi connectivity index (χ3n) is 4.44. The zero-order valence-corrected chi connectivity index (χ0v) is 18.2. The second kappa shape index (κ2) is 9.43. The summed E-state index contributed by atoms with van der Waals surface area (Å²) in [6, 6.07) is 7.08. The minimum absolute atomic E-state index is 0.0201. The first-order valence-corrected chi connectivity index (χ1v) is 10.2. The molecule has 32 heavy (non-hydrogen) atoms. The summed E-state index contributed by atoms with van der Waals surface area (Å²) >= 11 is 1.12. The number of amides is 1. The third-order valence-corrected chi connectivity index (χ3v) is 5.48. The Kier molecular flexibility index (Phi) is 6.87. The van der Waals surface area contributed by atoms with Gasteiger partial charge in [0.05, 0.1) is 36.6 Å². The van der Waals surface area contributed by atoms with Gasteiger partial charge in [0.2, 0.25) is 0 Å². The van der Waals surface area contributed by atoms with Gasteiger partial charge in [-0.3, -0.25) is 9.59 Å². The second-order valence-electron chi connectivity index (χ2n) is 6.44. The number of fused-ring (bicyclic) bond motifs is 1. The van der Waals surface area contributed by atoms with Gasteiger partial charge in [0, 0.05) is 17.7 Å². The van der Waals surface area contributed by atoms with Crippen molar-refractivity contribution in [2.24, 2.45) is 4.99 Å². The number of carbonyl (C=O) groups excluding carboxylic acids is 2. The monoisotopic (exact) mass is 468 g/mol. The number of hydrogen-bond acceptors (Lipinski definition) is 6. The minimum atomic E-state index is -4.51. The predicted octanol–water partition coefficient (Wildman–Crippen LogP) is 4.04. The van der Waals surface area contributed by atoms with E-state index in [0.717, 1.165) is 35.6 Å². The van der Waals surface area contributed by atoms with Gasteiger partial charge >= 0.3 is 12.1 Å². The average molecular weight is 468 g/mol. The van der Waals surface area contributed by atoms with Gasteiger partial charge in [-0.2, -0.15) is 18.2 Å². The normalized spacial score (nSPS) is 12.1. The molecule has 0 fully saturated rings. The molecular weight excluding hydrogens is 449 g/mol. The highest BCUT2D eigenvalue weighted by atomic mass is 32.1. The van der Waals surface area contributed by atoms with Crippen LogP contribution >= 0.6 is 11.3 Å². The summed E-state index contributed by atoms with van der Waals surface area (Å²) in [4.78, 5) is 29.0. The maximum absolute atomic E-state index is 12.8. The summed E-state index contributed by atoms with van der Waals surface area (Å²) in [5.74, 6) is -0.423. The smallest absolute Gasteiger partial charge is 0.416 e. The lowest BCUT2D eigenvalue weighted by molar-refractivity contribution is -0.143. The molecule has 0 saturated heterocycles. The maximum Gasteiger partial charge on any atom is 0.416 e. The molecule has 11 heteroatoms. The molecule has 0 saturated carbocycles. The Labute approximate surface area is 184 Å². The summed E-state index contributed by atoms with van der Waals surface area (Å²) in [6.07, 6.45) is -4.51. The van der Waals surface area contributed by atoms with E-state index in [9.17, 15) is 22.8 Å². The number of benzene rings is 2. The van der Waals surface area contributed by atoms with E-state index in [1.807, 2.05) is 0 Å². The number of esters is 1. The first-order chi connectivity index (χ1) is 15.2. The van der Waals surface area contributed by atoms with Gasteiger partial charge in [0.1, 0.15) is 6.54 Å². The topological polar surface area (TPSA) is 79.1 Å². The molecule has 1 aromatic heterocycles. The molecule has 1 heterocycles. The number of thiazole rings is 1. The van der Waals surface area contributed by atoms with E-state index in [2.05, 4.69) is 4.99 Å². The van der Waals surface area contributed by atoms with Crippen molar-refractivity contribution in [1.29, 1.82) is 0 Å². The van der Waals surface area contributed by atoms with Crippen molar-refractivity contribution in [2.45, 2.75) is 19.6 Å². The van der Waals surface area contributed by atoms with Crippen molar-refractivity contribution in [2.75, 3.05) is 20.8 Å². The van der Waals surface area contributed by atoms with Crippen LogP contribution in [0.3, 0.4) is 0 Å². The molecule has 7 nitrogen and oxygen atoms in total. The summed E-state index contributed by atoms with van der Waals surface area (Å²) in [5.41, 5.74) is -0.333. The highest BCUT2D eigenvalue weighted by molar-refractivity contribution is 7.16. The van der Waals surface area contributed by atoms with Crippen LogP contribution in [-0.4, -0.2) is 37.3 Å². The molecule has 0 bridgehead atoms. The Morgan fingerprint density at radius 1 is 1.06 bits per heavy atom. The molecule has 3 rings (SSSR count). The number of ether oxygens (including phenoxy) is 3. The van der Waals surface area contributed by atoms with Gasteiger partial charge in [-0.1, -0.05) is 11.3 Å². The van der Waals surface area contributed by atoms with E-state index >= 15 is 0 Å². The van der Waals surface area contributed by atoms with Crippen LogP contribution in [0.5, 0.6) is 11.5 Å². The molecule has 3 aromatic rings. The van der Waals surface area contributed by atoms with Crippen LogP contribution in [0.2, 0.25) is 0 Å². The number of nitrogens with zero attached hydrogens (tertiary/aromatic N) is 2. The number of halogens is 3. The fourth-order valence-corrected chi connectivity index (χ4v) is 3.96. The summed E-state index contributed by atoms with van der Waals surface area (Å²) < 4.78 is 56.1.